The highest BCUT2D eigenvalue weighted by Crippen LogP contribution is 2.34. The molecule has 0 spiro atoms. The molecule has 0 fully saturated rings. The van der Waals surface area contributed by atoms with Crippen LogP contribution in [-0.4, -0.2) is 43.3 Å². The number of aryl methyl sites for hydroxylation is 3. The SMILES string of the molecule is CCCc1nn(CC)c2c(=O)n(CCOc3ccc(SC(C)(C)C(=O)OCC)cc3)c(C)nc12. The summed E-state index contributed by atoms with van der Waals surface area (Å²) in [6.45, 7) is 13.1. The molecule has 0 aliphatic rings. The van der Waals surface area contributed by atoms with Gasteiger partial charge in [0.05, 0.1) is 18.8 Å². The lowest BCUT2D eigenvalue weighted by Crippen LogP contribution is -2.29. The number of aromatic nitrogens is 4. The number of nitrogens with zero attached hydrogens (tertiary/aromatic N) is 4. The summed E-state index contributed by atoms with van der Waals surface area (Å²) in [6.07, 6.45) is 1.75. The predicted molar refractivity (Wildman–Crippen MR) is 135 cm³/mol. The van der Waals surface area contributed by atoms with E-state index in [2.05, 4.69) is 12.0 Å². The summed E-state index contributed by atoms with van der Waals surface area (Å²) in [6, 6.07) is 7.57. The van der Waals surface area contributed by atoms with Gasteiger partial charge in [-0.3, -0.25) is 18.8 Å². The molecule has 0 aliphatic heterocycles. The van der Waals surface area contributed by atoms with E-state index in [1.807, 2.05) is 52.0 Å². The molecule has 0 saturated carbocycles. The van der Waals surface area contributed by atoms with E-state index in [1.165, 1.54) is 11.8 Å². The second-order valence-electron chi connectivity index (χ2n) is 8.48. The predicted octanol–water partition coefficient (Wildman–Crippen LogP) is 4.39. The van der Waals surface area contributed by atoms with Crippen LogP contribution in [0.2, 0.25) is 0 Å². The van der Waals surface area contributed by atoms with E-state index in [0.717, 1.165) is 23.4 Å². The Morgan fingerprint density at radius 1 is 1.15 bits per heavy atom. The number of fused-ring (bicyclic) bond motifs is 1. The fourth-order valence-corrected chi connectivity index (χ4v) is 4.73. The Bertz CT molecular complexity index is 1200. The van der Waals surface area contributed by atoms with Crippen LogP contribution in [-0.2, 0) is 29.0 Å². The third-order valence-corrected chi connectivity index (χ3v) is 6.63. The van der Waals surface area contributed by atoms with Gasteiger partial charge in [-0.25, -0.2) is 4.98 Å². The molecule has 34 heavy (non-hydrogen) atoms. The zero-order valence-electron chi connectivity index (χ0n) is 20.9. The number of ether oxygens (including phenoxy) is 2. The summed E-state index contributed by atoms with van der Waals surface area (Å²) < 4.78 is 13.8. The Kier molecular flexibility index (Phi) is 8.41. The van der Waals surface area contributed by atoms with Gasteiger partial charge in [0.25, 0.3) is 5.56 Å². The number of hydrogen-bond acceptors (Lipinski definition) is 7. The molecule has 9 heteroatoms. The lowest BCUT2D eigenvalue weighted by molar-refractivity contribution is -0.145. The van der Waals surface area contributed by atoms with E-state index in [-0.39, 0.29) is 11.5 Å². The summed E-state index contributed by atoms with van der Waals surface area (Å²) in [4.78, 5) is 31.0. The molecule has 1 aromatic carbocycles. The Morgan fingerprint density at radius 3 is 2.47 bits per heavy atom. The molecule has 3 aromatic rings. The van der Waals surface area contributed by atoms with Crippen molar-refractivity contribution in [3.05, 3.63) is 46.1 Å². The number of carbonyl (C=O) groups excluding carboxylic acids is 1. The zero-order valence-corrected chi connectivity index (χ0v) is 21.7. The number of hydrogen-bond donors (Lipinski definition) is 0. The van der Waals surface area contributed by atoms with Crippen molar-refractivity contribution < 1.29 is 14.3 Å². The summed E-state index contributed by atoms with van der Waals surface area (Å²) in [5.74, 6) is 1.11. The van der Waals surface area contributed by atoms with Gasteiger partial charge in [0.15, 0.2) is 5.52 Å². The average Bonchev–Trinajstić information content (AvgIpc) is 3.14. The fraction of sp³-hybridized carbons (Fsp3) is 0.520. The van der Waals surface area contributed by atoms with Crippen molar-refractivity contribution in [2.75, 3.05) is 13.2 Å². The minimum absolute atomic E-state index is 0.0873. The van der Waals surface area contributed by atoms with Crippen LogP contribution in [0.15, 0.2) is 34.0 Å². The van der Waals surface area contributed by atoms with Crippen LogP contribution in [0.4, 0.5) is 0 Å². The Hall–Kier alpha value is -2.81. The molecule has 0 unspecified atom stereocenters. The van der Waals surface area contributed by atoms with Gasteiger partial charge in [-0.05, 0) is 65.3 Å². The van der Waals surface area contributed by atoms with Gasteiger partial charge in [0.1, 0.15) is 28.4 Å². The largest absolute Gasteiger partial charge is 0.492 e. The zero-order chi connectivity index (χ0) is 24.9. The first kappa shape index (κ1) is 25.8. The minimum Gasteiger partial charge on any atom is -0.492 e. The Morgan fingerprint density at radius 2 is 1.85 bits per heavy atom. The second-order valence-corrected chi connectivity index (χ2v) is 10.2. The van der Waals surface area contributed by atoms with Crippen molar-refractivity contribution in [2.45, 2.75) is 77.1 Å². The molecular weight excluding hydrogens is 452 g/mol. The number of benzene rings is 1. The van der Waals surface area contributed by atoms with Crippen molar-refractivity contribution >= 4 is 28.8 Å². The molecule has 184 valence electrons. The van der Waals surface area contributed by atoms with Crippen molar-refractivity contribution in [3.63, 3.8) is 0 Å². The van der Waals surface area contributed by atoms with Crippen LogP contribution < -0.4 is 10.3 Å². The molecule has 0 aliphatic carbocycles. The fourth-order valence-electron chi connectivity index (χ4n) is 3.73. The van der Waals surface area contributed by atoms with Crippen molar-refractivity contribution in [2.24, 2.45) is 0 Å². The molecule has 0 radical (unpaired) electrons. The summed E-state index contributed by atoms with van der Waals surface area (Å²) >= 11 is 1.45. The van der Waals surface area contributed by atoms with E-state index < -0.39 is 4.75 Å². The highest BCUT2D eigenvalue weighted by Gasteiger charge is 2.30. The van der Waals surface area contributed by atoms with Crippen LogP contribution in [0.5, 0.6) is 5.75 Å². The third-order valence-electron chi connectivity index (χ3n) is 5.44. The first-order valence-electron chi connectivity index (χ1n) is 11.8. The molecule has 2 aromatic heterocycles. The summed E-state index contributed by atoms with van der Waals surface area (Å²) in [5.41, 5.74) is 2.06. The van der Waals surface area contributed by atoms with Gasteiger partial charge >= 0.3 is 5.97 Å². The molecule has 0 saturated heterocycles. The lowest BCUT2D eigenvalue weighted by atomic mass is 10.2. The van der Waals surface area contributed by atoms with Crippen molar-refractivity contribution in [1.29, 1.82) is 0 Å². The lowest BCUT2D eigenvalue weighted by Gasteiger charge is -2.21. The molecule has 8 nitrogen and oxygen atoms in total. The minimum atomic E-state index is -0.676. The number of esters is 1. The first-order chi connectivity index (χ1) is 16.2. The maximum absolute atomic E-state index is 13.2. The quantitative estimate of drug-likeness (QED) is 0.293. The van der Waals surface area contributed by atoms with Gasteiger partial charge in [-0.2, -0.15) is 5.10 Å². The van der Waals surface area contributed by atoms with Gasteiger partial charge < -0.3 is 9.47 Å². The maximum Gasteiger partial charge on any atom is 0.321 e. The highest BCUT2D eigenvalue weighted by atomic mass is 32.2. The number of carbonyl (C=O) groups is 1. The maximum atomic E-state index is 13.2. The van der Waals surface area contributed by atoms with E-state index in [1.54, 1.807) is 16.2 Å². The van der Waals surface area contributed by atoms with Crippen molar-refractivity contribution in [1.82, 2.24) is 19.3 Å². The highest BCUT2D eigenvalue weighted by molar-refractivity contribution is 8.01. The van der Waals surface area contributed by atoms with Crippen LogP contribution >= 0.6 is 11.8 Å². The molecule has 0 bridgehead atoms. The van der Waals surface area contributed by atoms with Gasteiger partial charge in [0.2, 0.25) is 0 Å². The summed E-state index contributed by atoms with van der Waals surface area (Å²) in [5, 5.41) is 4.60. The van der Waals surface area contributed by atoms with Crippen LogP contribution in [0.3, 0.4) is 0 Å². The normalized spacial score (nSPS) is 11.7. The van der Waals surface area contributed by atoms with Crippen LogP contribution in [0.25, 0.3) is 11.0 Å². The van der Waals surface area contributed by atoms with E-state index in [0.29, 0.717) is 48.9 Å². The molecule has 2 heterocycles. The average molecular weight is 487 g/mol. The summed E-state index contributed by atoms with van der Waals surface area (Å²) in [7, 11) is 0. The smallest absolute Gasteiger partial charge is 0.321 e. The standard InChI is InChI=1S/C25H34N4O4S/c1-7-10-20-21-22(29(8-2)27-20)23(30)28(17(4)26-21)15-16-33-18-11-13-19(14-12-18)34-25(5,6)24(31)32-9-3/h11-14H,7-10,15-16H2,1-6H3. The molecular formula is C25H34N4O4S. The number of thioether (sulfide) groups is 1. The van der Waals surface area contributed by atoms with Gasteiger partial charge in [-0.1, -0.05) is 13.3 Å². The van der Waals surface area contributed by atoms with Crippen molar-refractivity contribution in [3.8, 4) is 5.75 Å². The topological polar surface area (TPSA) is 88.2 Å². The first-order valence-corrected chi connectivity index (χ1v) is 12.6. The Balaban J connectivity index is 1.69. The van der Waals surface area contributed by atoms with Crippen LogP contribution in [0, 0.1) is 6.92 Å². The third kappa shape index (κ3) is 5.63. The molecule has 0 N–H and O–H groups in total. The molecule has 3 rings (SSSR count). The van der Waals surface area contributed by atoms with E-state index in [4.69, 9.17) is 14.5 Å². The Labute approximate surface area is 204 Å². The molecule has 0 atom stereocenters. The van der Waals surface area contributed by atoms with E-state index >= 15 is 0 Å². The second kappa shape index (κ2) is 11.1. The monoisotopic (exact) mass is 486 g/mol. The molecule has 0 amide bonds. The van der Waals surface area contributed by atoms with Gasteiger partial charge in [-0.15, -0.1) is 11.8 Å². The number of rotatable bonds is 11. The van der Waals surface area contributed by atoms with E-state index in [9.17, 15) is 9.59 Å². The van der Waals surface area contributed by atoms with Crippen LogP contribution in [0.1, 0.15) is 52.6 Å². The van der Waals surface area contributed by atoms with Gasteiger partial charge in [0, 0.05) is 11.4 Å².